The number of aromatic amines is 1. The van der Waals surface area contributed by atoms with E-state index in [2.05, 4.69) is 20.3 Å². The first-order valence-corrected chi connectivity index (χ1v) is 11.5. The maximum atomic E-state index is 14.0. The molecule has 10 heteroatoms. The molecule has 3 aromatic heterocycles. The van der Waals surface area contributed by atoms with E-state index >= 15 is 0 Å². The lowest BCUT2D eigenvalue weighted by atomic mass is 10.0. The lowest BCUT2D eigenvalue weighted by molar-refractivity contribution is -0.0223. The van der Waals surface area contributed by atoms with E-state index in [-0.39, 0.29) is 47.5 Å². The van der Waals surface area contributed by atoms with Crippen molar-refractivity contribution in [3.63, 3.8) is 0 Å². The fourth-order valence-electron chi connectivity index (χ4n) is 4.23. The normalized spacial score (nSPS) is 17.6. The number of halogens is 1. The lowest BCUT2D eigenvalue weighted by Crippen LogP contribution is -2.36. The minimum Gasteiger partial charge on any atom is -0.494 e. The molecule has 0 aliphatic carbocycles. The third-order valence-electron chi connectivity index (χ3n) is 6.08. The summed E-state index contributed by atoms with van der Waals surface area (Å²) in [6.07, 6.45) is 6.02. The summed E-state index contributed by atoms with van der Waals surface area (Å²) in [5, 5.41) is 13.4. The Kier molecular flexibility index (Phi) is 6.79. The molecule has 4 aromatic rings. The first kappa shape index (κ1) is 23.7. The number of aliphatic hydroxyl groups excluding tert-OH is 1. The molecule has 0 unspecified atom stereocenters. The number of anilines is 1. The van der Waals surface area contributed by atoms with Crippen LogP contribution in [0.2, 0.25) is 0 Å². The fourth-order valence-corrected chi connectivity index (χ4v) is 4.23. The van der Waals surface area contributed by atoms with Crippen molar-refractivity contribution >= 4 is 22.5 Å². The molecule has 0 spiro atoms. The van der Waals surface area contributed by atoms with Gasteiger partial charge in [-0.2, -0.15) is 0 Å². The minimum atomic E-state index is -0.516. The third kappa shape index (κ3) is 4.73. The number of ether oxygens (including phenoxy) is 3. The molecule has 0 radical (unpaired) electrons. The van der Waals surface area contributed by atoms with Gasteiger partial charge in [0.25, 0.3) is 0 Å². The number of methoxy groups -OCH3 is 1. The number of carbonyl (C=O) groups excluding carboxylic acids is 1. The smallest absolute Gasteiger partial charge is 0.217 e. The Morgan fingerprint density at radius 1 is 1.25 bits per heavy atom. The van der Waals surface area contributed by atoms with Gasteiger partial charge in [0.2, 0.25) is 5.78 Å². The molecule has 0 amide bonds. The van der Waals surface area contributed by atoms with E-state index < -0.39 is 5.82 Å². The number of ketones is 1. The monoisotopic (exact) mass is 492 g/mol. The number of pyridine rings is 2. The summed E-state index contributed by atoms with van der Waals surface area (Å²) in [6, 6.07) is 9.33. The molecular weight excluding hydrogens is 467 g/mol. The number of aromatic nitrogens is 3. The van der Waals surface area contributed by atoms with Crippen LogP contribution < -0.4 is 14.8 Å². The Balaban J connectivity index is 1.43. The summed E-state index contributed by atoms with van der Waals surface area (Å²) < 4.78 is 30.7. The topological polar surface area (TPSA) is 119 Å². The second-order valence-electron chi connectivity index (χ2n) is 8.42. The van der Waals surface area contributed by atoms with Gasteiger partial charge >= 0.3 is 0 Å². The van der Waals surface area contributed by atoms with Gasteiger partial charge in [-0.3, -0.25) is 4.79 Å². The van der Waals surface area contributed by atoms with Crippen molar-refractivity contribution in [2.24, 2.45) is 0 Å². The van der Waals surface area contributed by atoms with Gasteiger partial charge in [0.05, 0.1) is 43.6 Å². The van der Waals surface area contributed by atoms with E-state index in [1.54, 1.807) is 30.6 Å². The number of carbonyl (C=O) groups is 1. The zero-order valence-corrected chi connectivity index (χ0v) is 19.5. The SMILES string of the molecule is COc1cc(Oc2ccccc2F)cnc1C(=O)c1c[nH]c2nccc(N[C@@H]3CC[C@@H](CO)OC3)c12. The van der Waals surface area contributed by atoms with Crippen molar-refractivity contribution in [3.05, 3.63) is 72.1 Å². The maximum absolute atomic E-state index is 14.0. The number of aliphatic hydroxyl groups is 1. The average molecular weight is 493 g/mol. The summed E-state index contributed by atoms with van der Waals surface area (Å²) in [4.78, 5) is 25.3. The number of rotatable bonds is 8. The molecule has 2 atom stereocenters. The quantitative estimate of drug-likeness (QED) is 0.315. The number of hydrogen-bond acceptors (Lipinski definition) is 8. The molecule has 1 aromatic carbocycles. The van der Waals surface area contributed by atoms with E-state index in [1.807, 2.05) is 0 Å². The number of nitrogens with zero attached hydrogens (tertiary/aromatic N) is 2. The second-order valence-corrected chi connectivity index (χ2v) is 8.42. The van der Waals surface area contributed by atoms with Gasteiger partial charge < -0.3 is 29.6 Å². The van der Waals surface area contributed by atoms with Gasteiger partial charge in [-0.15, -0.1) is 0 Å². The van der Waals surface area contributed by atoms with E-state index in [0.717, 1.165) is 18.5 Å². The van der Waals surface area contributed by atoms with Crippen LogP contribution >= 0.6 is 0 Å². The molecule has 4 heterocycles. The number of fused-ring (bicyclic) bond motifs is 1. The van der Waals surface area contributed by atoms with Crippen molar-refractivity contribution in [2.45, 2.75) is 25.0 Å². The van der Waals surface area contributed by atoms with Crippen LogP contribution in [0.5, 0.6) is 17.2 Å². The molecule has 1 aliphatic heterocycles. The Morgan fingerprint density at radius 2 is 2.11 bits per heavy atom. The van der Waals surface area contributed by atoms with Crippen LogP contribution in [0, 0.1) is 5.82 Å². The summed E-state index contributed by atoms with van der Waals surface area (Å²) in [5.41, 5.74) is 1.74. The van der Waals surface area contributed by atoms with E-state index in [0.29, 0.717) is 23.2 Å². The predicted molar refractivity (Wildman–Crippen MR) is 130 cm³/mol. The van der Waals surface area contributed by atoms with Gasteiger partial charge in [-0.1, -0.05) is 12.1 Å². The Morgan fingerprint density at radius 3 is 2.86 bits per heavy atom. The van der Waals surface area contributed by atoms with Crippen LogP contribution in [0.4, 0.5) is 10.1 Å². The van der Waals surface area contributed by atoms with Crippen LogP contribution in [-0.2, 0) is 4.74 Å². The zero-order valence-electron chi connectivity index (χ0n) is 19.5. The molecule has 36 heavy (non-hydrogen) atoms. The molecule has 5 rings (SSSR count). The number of hydrogen-bond donors (Lipinski definition) is 3. The Labute approximate surface area is 206 Å². The molecule has 0 saturated carbocycles. The molecule has 3 N–H and O–H groups in total. The molecule has 1 fully saturated rings. The van der Waals surface area contributed by atoms with E-state index in [1.165, 1.54) is 31.5 Å². The number of H-pyrrole nitrogens is 1. The summed E-state index contributed by atoms with van der Waals surface area (Å²) in [5.74, 6) is -0.423. The van der Waals surface area contributed by atoms with Crippen molar-refractivity contribution < 1.29 is 28.5 Å². The first-order chi connectivity index (χ1) is 17.6. The van der Waals surface area contributed by atoms with Crippen molar-refractivity contribution in [3.8, 4) is 17.2 Å². The summed E-state index contributed by atoms with van der Waals surface area (Å²) in [7, 11) is 1.42. The van der Waals surface area contributed by atoms with Gasteiger partial charge in [0.15, 0.2) is 23.0 Å². The summed E-state index contributed by atoms with van der Waals surface area (Å²) >= 11 is 0. The average Bonchev–Trinajstić information content (AvgIpc) is 3.35. The van der Waals surface area contributed by atoms with Crippen LogP contribution in [0.15, 0.2) is 55.0 Å². The maximum Gasteiger partial charge on any atom is 0.217 e. The highest BCUT2D eigenvalue weighted by atomic mass is 19.1. The number of nitrogens with one attached hydrogen (secondary N) is 2. The molecule has 0 bridgehead atoms. The van der Waals surface area contributed by atoms with Crippen molar-refractivity contribution in [1.29, 1.82) is 0 Å². The standard InChI is InChI=1S/C26H25FN4O5/c1-34-22-10-17(36-21-5-3-2-4-19(21)27)11-29-24(22)25(33)18-12-30-26-23(18)20(8-9-28-26)31-15-6-7-16(13-32)35-14-15/h2-5,8-12,15-16,32H,6-7,13-14H2,1H3,(H2,28,30,31)/t15-,16+/m1/s1. The minimum absolute atomic E-state index is 0.00162. The lowest BCUT2D eigenvalue weighted by Gasteiger charge is -2.29. The zero-order chi connectivity index (χ0) is 25.1. The molecule has 1 saturated heterocycles. The van der Waals surface area contributed by atoms with Gasteiger partial charge in [0, 0.05) is 30.2 Å². The highest BCUT2D eigenvalue weighted by Gasteiger charge is 2.25. The Bertz CT molecular complexity index is 1380. The second kappa shape index (κ2) is 10.3. The third-order valence-corrected chi connectivity index (χ3v) is 6.08. The van der Waals surface area contributed by atoms with Crippen LogP contribution in [-0.4, -0.2) is 58.3 Å². The summed E-state index contributed by atoms with van der Waals surface area (Å²) in [6.45, 7) is 0.448. The van der Waals surface area contributed by atoms with E-state index in [4.69, 9.17) is 14.2 Å². The van der Waals surface area contributed by atoms with Crippen LogP contribution in [0.1, 0.15) is 28.9 Å². The Hall–Kier alpha value is -4.02. The van der Waals surface area contributed by atoms with Crippen LogP contribution in [0.25, 0.3) is 11.0 Å². The van der Waals surface area contributed by atoms with Crippen LogP contribution in [0.3, 0.4) is 0 Å². The number of benzene rings is 1. The number of para-hydroxylation sites is 1. The van der Waals surface area contributed by atoms with Crippen molar-refractivity contribution in [1.82, 2.24) is 15.0 Å². The predicted octanol–water partition coefficient (Wildman–Crippen LogP) is 4.08. The van der Waals surface area contributed by atoms with Crippen molar-refractivity contribution in [2.75, 3.05) is 25.6 Å². The van der Waals surface area contributed by atoms with Gasteiger partial charge in [-0.25, -0.2) is 14.4 Å². The van der Waals surface area contributed by atoms with Gasteiger partial charge in [-0.05, 0) is 31.0 Å². The highest BCUT2D eigenvalue weighted by Crippen LogP contribution is 2.33. The fraction of sp³-hybridized carbons (Fsp3) is 0.269. The largest absolute Gasteiger partial charge is 0.494 e. The van der Waals surface area contributed by atoms with E-state index in [9.17, 15) is 14.3 Å². The molecular formula is C26H25FN4O5. The molecule has 186 valence electrons. The molecule has 1 aliphatic rings. The highest BCUT2D eigenvalue weighted by molar-refractivity contribution is 6.18. The first-order valence-electron chi connectivity index (χ1n) is 11.5. The molecule has 9 nitrogen and oxygen atoms in total. The van der Waals surface area contributed by atoms with Gasteiger partial charge in [0.1, 0.15) is 11.4 Å².